The lowest BCUT2D eigenvalue weighted by molar-refractivity contribution is -0.126. The Morgan fingerprint density at radius 2 is 1.80 bits per heavy atom. The van der Waals surface area contributed by atoms with Gasteiger partial charge in [-0.05, 0) is 43.9 Å². The molecule has 1 N–H and O–H groups in total. The van der Waals surface area contributed by atoms with E-state index in [2.05, 4.69) is 28.4 Å². The second-order valence-electron chi connectivity index (χ2n) is 7.02. The van der Waals surface area contributed by atoms with E-state index in [1.807, 2.05) is 18.2 Å². The number of para-hydroxylation sites is 1. The third-order valence-electron chi connectivity index (χ3n) is 5.34. The topological polar surface area (TPSA) is 54.5 Å². The highest BCUT2D eigenvalue weighted by Gasteiger charge is 2.27. The van der Waals surface area contributed by atoms with Crippen LogP contribution in [-0.4, -0.2) is 43.2 Å². The molecule has 5 nitrogen and oxygen atoms in total. The van der Waals surface area contributed by atoms with Gasteiger partial charge in [0, 0.05) is 43.6 Å². The number of piperidine rings is 1. The van der Waals surface area contributed by atoms with Crippen LogP contribution >= 0.6 is 0 Å². The Balaban J connectivity index is 1.34. The molecule has 0 atom stereocenters. The molecule has 0 unspecified atom stereocenters. The van der Waals surface area contributed by atoms with Gasteiger partial charge in [-0.15, -0.1) is 0 Å². The standard InChI is InChI=1S/C20H25N3O2/c24-20(21-17-9-13-25-14-10-17)16-7-11-23(12-8-16)19-6-5-15-3-1-2-4-18(15)22-19/h1-6,16-17H,7-14H2,(H,21,24). The molecule has 2 saturated heterocycles. The number of carbonyl (C=O) groups is 1. The van der Waals surface area contributed by atoms with Crippen LogP contribution in [0.5, 0.6) is 0 Å². The van der Waals surface area contributed by atoms with Gasteiger partial charge < -0.3 is 15.0 Å². The van der Waals surface area contributed by atoms with Crippen LogP contribution in [0.3, 0.4) is 0 Å². The molecular weight excluding hydrogens is 314 g/mol. The fourth-order valence-electron chi connectivity index (χ4n) is 3.76. The fraction of sp³-hybridized carbons (Fsp3) is 0.500. The number of anilines is 1. The third kappa shape index (κ3) is 3.76. The van der Waals surface area contributed by atoms with Crippen molar-refractivity contribution in [3.8, 4) is 0 Å². The van der Waals surface area contributed by atoms with Crippen LogP contribution in [0.2, 0.25) is 0 Å². The normalized spacial score (nSPS) is 19.9. The van der Waals surface area contributed by atoms with Crippen LogP contribution in [-0.2, 0) is 9.53 Å². The van der Waals surface area contributed by atoms with Gasteiger partial charge in [-0.25, -0.2) is 4.98 Å². The van der Waals surface area contributed by atoms with E-state index in [1.165, 1.54) is 0 Å². The van der Waals surface area contributed by atoms with Gasteiger partial charge in [-0.2, -0.15) is 0 Å². The van der Waals surface area contributed by atoms with E-state index in [0.717, 1.165) is 68.7 Å². The van der Waals surface area contributed by atoms with E-state index < -0.39 is 0 Å². The minimum atomic E-state index is 0.125. The van der Waals surface area contributed by atoms with Gasteiger partial charge in [0.25, 0.3) is 0 Å². The Labute approximate surface area is 148 Å². The summed E-state index contributed by atoms with van der Waals surface area (Å²) >= 11 is 0. The predicted molar refractivity (Wildman–Crippen MR) is 98.7 cm³/mol. The smallest absolute Gasteiger partial charge is 0.223 e. The first-order valence-electron chi connectivity index (χ1n) is 9.28. The number of pyridine rings is 1. The summed E-state index contributed by atoms with van der Waals surface area (Å²) in [4.78, 5) is 19.6. The third-order valence-corrected chi connectivity index (χ3v) is 5.34. The molecule has 2 aliphatic rings. The van der Waals surface area contributed by atoms with Crippen LogP contribution in [0.25, 0.3) is 10.9 Å². The van der Waals surface area contributed by atoms with E-state index in [1.54, 1.807) is 0 Å². The number of amides is 1. The molecule has 4 rings (SSSR count). The van der Waals surface area contributed by atoms with Crippen molar-refractivity contribution in [1.29, 1.82) is 0 Å². The second-order valence-corrected chi connectivity index (χ2v) is 7.02. The van der Waals surface area contributed by atoms with Crippen LogP contribution < -0.4 is 10.2 Å². The first kappa shape index (κ1) is 16.3. The fourth-order valence-corrected chi connectivity index (χ4v) is 3.76. The van der Waals surface area contributed by atoms with Gasteiger partial charge in [0.05, 0.1) is 5.52 Å². The quantitative estimate of drug-likeness (QED) is 0.934. The van der Waals surface area contributed by atoms with Crippen LogP contribution in [0.15, 0.2) is 36.4 Å². The molecule has 0 radical (unpaired) electrons. The average Bonchev–Trinajstić information content (AvgIpc) is 2.68. The largest absolute Gasteiger partial charge is 0.381 e. The maximum Gasteiger partial charge on any atom is 0.223 e. The Morgan fingerprint density at radius 3 is 2.60 bits per heavy atom. The second kappa shape index (κ2) is 7.40. The number of nitrogens with one attached hydrogen (secondary N) is 1. The molecule has 2 fully saturated rings. The Bertz CT molecular complexity index is 735. The van der Waals surface area contributed by atoms with Crippen molar-refractivity contribution in [3.05, 3.63) is 36.4 Å². The Morgan fingerprint density at radius 1 is 1.04 bits per heavy atom. The van der Waals surface area contributed by atoms with Crippen LogP contribution in [0.4, 0.5) is 5.82 Å². The summed E-state index contributed by atoms with van der Waals surface area (Å²) in [5, 5.41) is 4.38. The molecule has 132 valence electrons. The number of nitrogens with zero attached hydrogens (tertiary/aromatic N) is 2. The number of fused-ring (bicyclic) bond motifs is 1. The van der Waals surface area contributed by atoms with Crippen molar-refractivity contribution in [2.24, 2.45) is 5.92 Å². The number of ether oxygens (including phenoxy) is 1. The summed E-state index contributed by atoms with van der Waals surface area (Å²) in [6, 6.07) is 12.7. The molecule has 2 aliphatic heterocycles. The number of aromatic nitrogens is 1. The maximum absolute atomic E-state index is 12.5. The zero-order chi connectivity index (χ0) is 17.1. The molecule has 0 aliphatic carbocycles. The molecule has 5 heteroatoms. The first-order chi connectivity index (χ1) is 12.3. The minimum absolute atomic E-state index is 0.125. The average molecular weight is 339 g/mol. The van der Waals surface area contributed by atoms with Gasteiger partial charge >= 0.3 is 0 Å². The SMILES string of the molecule is O=C(NC1CCOCC1)C1CCN(c2ccc3ccccc3n2)CC1. The first-order valence-corrected chi connectivity index (χ1v) is 9.28. The lowest BCUT2D eigenvalue weighted by Gasteiger charge is -2.33. The molecule has 25 heavy (non-hydrogen) atoms. The number of hydrogen-bond donors (Lipinski definition) is 1. The molecule has 1 amide bonds. The number of hydrogen-bond acceptors (Lipinski definition) is 4. The summed E-state index contributed by atoms with van der Waals surface area (Å²) in [7, 11) is 0. The zero-order valence-electron chi connectivity index (χ0n) is 14.5. The maximum atomic E-state index is 12.5. The van der Waals surface area contributed by atoms with E-state index in [9.17, 15) is 4.79 Å². The van der Waals surface area contributed by atoms with Crippen molar-refractivity contribution >= 4 is 22.6 Å². The summed E-state index contributed by atoms with van der Waals surface area (Å²) < 4.78 is 5.36. The summed E-state index contributed by atoms with van der Waals surface area (Å²) in [5.41, 5.74) is 1.03. The highest BCUT2D eigenvalue weighted by molar-refractivity contribution is 5.81. The monoisotopic (exact) mass is 339 g/mol. The highest BCUT2D eigenvalue weighted by atomic mass is 16.5. The lowest BCUT2D eigenvalue weighted by Crippen LogP contribution is -2.45. The molecule has 0 bridgehead atoms. The van der Waals surface area contributed by atoms with E-state index in [4.69, 9.17) is 9.72 Å². The van der Waals surface area contributed by atoms with Crippen LogP contribution in [0.1, 0.15) is 25.7 Å². The van der Waals surface area contributed by atoms with Crippen molar-refractivity contribution in [1.82, 2.24) is 10.3 Å². The van der Waals surface area contributed by atoms with Crippen molar-refractivity contribution in [2.45, 2.75) is 31.7 Å². The van der Waals surface area contributed by atoms with Crippen molar-refractivity contribution < 1.29 is 9.53 Å². The number of benzene rings is 1. The molecule has 0 saturated carbocycles. The van der Waals surface area contributed by atoms with E-state index in [-0.39, 0.29) is 11.8 Å². The molecular formula is C20H25N3O2. The van der Waals surface area contributed by atoms with Gasteiger partial charge in [0.15, 0.2) is 0 Å². The van der Waals surface area contributed by atoms with E-state index in [0.29, 0.717) is 6.04 Å². The molecule has 0 spiro atoms. The lowest BCUT2D eigenvalue weighted by atomic mass is 9.95. The Kier molecular flexibility index (Phi) is 4.83. The molecule has 1 aromatic heterocycles. The predicted octanol–water partition coefficient (Wildman–Crippen LogP) is 2.75. The number of carbonyl (C=O) groups excluding carboxylic acids is 1. The Hall–Kier alpha value is -2.14. The minimum Gasteiger partial charge on any atom is -0.381 e. The van der Waals surface area contributed by atoms with Crippen molar-refractivity contribution in [3.63, 3.8) is 0 Å². The van der Waals surface area contributed by atoms with Gasteiger partial charge in [0.1, 0.15) is 5.82 Å². The van der Waals surface area contributed by atoms with Gasteiger partial charge in [-0.1, -0.05) is 18.2 Å². The van der Waals surface area contributed by atoms with E-state index >= 15 is 0 Å². The molecule has 2 aromatic rings. The summed E-state index contributed by atoms with van der Waals surface area (Å²) in [6.07, 6.45) is 3.66. The highest BCUT2D eigenvalue weighted by Crippen LogP contribution is 2.24. The summed E-state index contributed by atoms with van der Waals surface area (Å²) in [6.45, 7) is 3.29. The molecule has 1 aromatic carbocycles. The zero-order valence-corrected chi connectivity index (χ0v) is 14.5. The van der Waals surface area contributed by atoms with Crippen molar-refractivity contribution in [2.75, 3.05) is 31.2 Å². The van der Waals surface area contributed by atoms with Gasteiger partial charge in [-0.3, -0.25) is 4.79 Å². The number of rotatable bonds is 3. The summed E-state index contributed by atoms with van der Waals surface area (Å²) in [5.74, 6) is 1.36. The van der Waals surface area contributed by atoms with Gasteiger partial charge in [0.2, 0.25) is 5.91 Å². The van der Waals surface area contributed by atoms with Crippen LogP contribution in [0, 0.1) is 5.92 Å². The molecule has 3 heterocycles.